The van der Waals surface area contributed by atoms with E-state index in [1.165, 1.54) is 45.5 Å². The minimum Gasteiger partial charge on any atom is -0.302 e. The number of sulfone groups is 1. The Hall–Kier alpha value is -2.34. The molecule has 0 bridgehead atoms. The number of thiazole rings is 1. The van der Waals surface area contributed by atoms with Crippen molar-refractivity contribution in [2.75, 3.05) is 24.7 Å². The highest BCUT2D eigenvalue weighted by molar-refractivity contribution is 7.90. The average molecular weight is 508 g/mol. The Kier molecular flexibility index (Phi) is 6.34. The number of rotatable bonds is 5. The first kappa shape index (κ1) is 23.8. The third-order valence-corrected chi connectivity index (χ3v) is 9.92. The maximum atomic E-state index is 12.9. The molecule has 11 heteroatoms. The number of benzene rings is 2. The summed E-state index contributed by atoms with van der Waals surface area (Å²) in [6.45, 7) is 4.49. The zero-order valence-corrected chi connectivity index (χ0v) is 21.0. The number of hydrogen-bond donors (Lipinski definition) is 1. The molecule has 8 nitrogen and oxygen atoms in total. The minimum atomic E-state index is -3.76. The summed E-state index contributed by atoms with van der Waals surface area (Å²) in [6.07, 6.45) is 1.87. The molecular formula is C22H25N3O5S3. The molecule has 33 heavy (non-hydrogen) atoms. The molecule has 0 aliphatic carbocycles. The molecule has 0 radical (unpaired) electrons. The van der Waals surface area contributed by atoms with E-state index >= 15 is 0 Å². The zero-order valence-electron chi connectivity index (χ0n) is 18.5. The topological polar surface area (TPSA) is 114 Å². The van der Waals surface area contributed by atoms with Gasteiger partial charge in [0.25, 0.3) is 0 Å². The van der Waals surface area contributed by atoms with Crippen molar-refractivity contribution in [2.45, 2.75) is 36.5 Å². The molecule has 4 rings (SSSR count). The van der Waals surface area contributed by atoms with E-state index in [0.29, 0.717) is 18.0 Å². The summed E-state index contributed by atoms with van der Waals surface area (Å²) in [6, 6.07) is 9.27. The van der Waals surface area contributed by atoms with Crippen molar-refractivity contribution in [2.24, 2.45) is 5.92 Å². The van der Waals surface area contributed by atoms with Crippen LogP contribution in [0.1, 0.15) is 24.0 Å². The fourth-order valence-corrected chi connectivity index (χ4v) is 6.86. The highest BCUT2D eigenvalue weighted by Crippen LogP contribution is 2.30. The number of aromatic nitrogens is 1. The number of carbonyl (C=O) groups excluding carboxylic acids is 1. The number of fused-ring (bicyclic) bond motifs is 1. The zero-order chi connectivity index (χ0) is 24.0. The molecule has 0 spiro atoms. The Morgan fingerprint density at radius 2 is 1.58 bits per heavy atom. The molecule has 2 heterocycles. The van der Waals surface area contributed by atoms with Crippen LogP contribution in [0.2, 0.25) is 0 Å². The van der Waals surface area contributed by atoms with Crippen molar-refractivity contribution in [3.05, 3.63) is 47.5 Å². The summed E-state index contributed by atoms with van der Waals surface area (Å²) in [5, 5.41) is 3.43. The van der Waals surface area contributed by atoms with Gasteiger partial charge in [0.15, 0.2) is 15.0 Å². The first-order chi connectivity index (χ1) is 15.4. The first-order valence-corrected chi connectivity index (χ1v) is 14.6. The molecule has 3 aromatic rings. The molecule has 2 aromatic carbocycles. The number of nitrogens with one attached hydrogen (secondary N) is 1. The fraction of sp³-hybridized carbons (Fsp3) is 0.364. The van der Waals surface area contributed by atoms with Gasteiger partial charge in [0.1, 0.15) is 0 Å². The first-order valence-electron chi connectivity index (χ1n) is 10.4. The van der Waals surface area contributed by atoms with E-state index < -0.39 is 19.9 Å². The number of piperidine rings is 1. The van der Waals surface area contributed by atoms with E-state index in [1.807, 2.05) is 19.9 Å². The van der Waals surface area contributed by atoms with Gasteiger partial charge in [-0.3, -0.25) is 4.79 Å². The van der Waals surface area contributed by atoms with Gasteiger partial charge in [-0.1, -0.05) is 11.3 Å². The van der Waals surface area contributed by atoms with Gasteiger partial charge in [-0.05, 0) is 74.2 Å². The Balaban J connectivity index is 1.40. The van der Waals surface area contributed by atoms with Crippen LogP contribution in [0.25, 0.3) is 10.2 Å². The summed E-state index contributed by atoms with van der Waals surface area (Å²) in [5.41, 5.74) is 3.16. The van der Waals surface area contributed by atoms with E-state index in [4.69, 9.17) is 0 Å². The summed E-state index contributed by atoms with van der Waals surface area (Å²) in [4.78, 5) is 17.4. The normalized spacial score (nSPS) is 16.2. The monoisotopic (exact) mass is 507 g/mol. The second-order valence-electron chi connectivity index (χ2n) is 8.33. The number of hydrogen-bond acceptors (Lipinski definition) is 7. The molecule has 0 saturated carbocycles. The molecule has 1 aliphatic rings. The fourth-order valence-electron chi connectivity index (χ4n) is 3.81. The lowest BCUT2D eigenvalue weighted by molar-refractivity contribution is -0.120. The van der Waals surface area contributed by atoms with E-state index in [9.17, 15) is 21.6 Å². The van der Waals surface area contributed by atoms with E-state index in [0.717, 1.165) is 22.0 Å². The minimum absolute atomic E-state index is 0.0397. The van der Waals surface area contributed by atoms with Crippen molar-refractivity contribution in [3.8, 4) is 0 Å². The van der Waals surface area contributed by atoms with Crippen LogP contribution in [-0.4, -0.2) is 51.4 Å². The second kappa shape index (κ2) is 8.79. The Bertz CT molecular complexity index is 1380. The molecule has 1 N–H and O–H groups in total. The molecule has 176 valence electrons. The second-order valence-corrected chi connectivity index (χ2v) is 13.3. The highest BCUT2D eigenvalue weighted by Gasteiger charge is 2.32. The summed E-state index contributed by atoms with van der Waals surface area (Å²) in [7, 11) is -7.16. The van der Waals surface area contributed by atoms with Crippen molar-refractivity contribution >= 4 is 52.5 Å². The van der Waals surface area contributed by atoms with Crippen LogP contribution in [0.3, 0.4) is 0 Å². The van der Waals surface area contributed by atoms with E-state index in [1.54, 1.807) is 0 Å². The van der Waals surface area contributed by atoms with Gasteiger partial charge in [-0.15, -0.1) is 0 Å². The van der Waals surface area contributed by atoms with Crippen LogP contribution in [0.15, 0.2) is 46.2 Å². The van der Waals surface area contributed by atoms with E-state index in [-0.39, 0.29) is 34.7 Å². The summed E-state index contributed by atoms with van der Waals surface area (Å²) in [5.74, 6) is -0.461. The largest absolute Gasteiger partial charge is 0.302 e. The quantitative estimate of drug-likeness (QED) is 0.567. The van der Waals surface area contributed by atoms with Crippen molar-refractivity contribution in [1.29, 1.82) is 0 Å². The maximum absolute atomic E-state index is 12.9. The van der Waals surface area contributed by atoms with Gasteiger partial charge < -0.3 is 5.32 Å². The van der Waals surface area contributed by atoms with Crippen LogP contribution in [0, 0.1) is 19.8 Å². The molecule has 0 atom stereocenters. The van der Waals surface area contributed by atoms with Gasteiger partial charge in [0.2, 0.25) is 15.9 Å². The third-order valence-electron chi connectivity index (χ3n) is 5.95. The van der Waals surface area contributed by atoms with E-state index in [2.05, 4.69) is 16.4 Å². The smallest absolute Gasteiger partial charge is 0.243 e. The van der Waals surface area contributed by atoms with Crippen molar-refractivity contribution < 1.29 is 21.6 Å². The highest BCUT2D eigenvalue weighted by atomic mass is 32.2. The van der Waals surface area contributed by atoms with Crippen LogP contribution < -0.4 is 5.32 Å². The Morgan fingerprint density at radius 3 is 2.18 bits per heavy atom. The predicted molar refractivity (Wildman–Crippen MR) is 129 cm³/mol. The molecular weight excluding hydrogens is 482 g/mol. The molecule has 1 aliphatic heterocycles. The van der Waals surface area contributed by atoms with Gasteiger partial charge in [0.05, 0.1) is 20.0 Å². The molecule has 1 aromatic heterocycles. The number of anilines is 1. The Morgan fingerprint density at radius 1 is 1.00 bits per heavy atom. The van der Waals surface area contributed by atoms with Crippen molar-refractivity contribution in [1.82, 2.24) is 9.29 Å². The average Bonchev–Trinajstić information content (AvgIpc) is 3.14. The number of nitrogens with zero attached hydrogens (tertiary/aromatic N) is 2. The van der Waals surface area contributed by atoms with Gasteiger partial charge in [0, 0.05) is 25.3 Å². The maximum Gasteiger partial charge on any atom is 0.243 e. The summed E-state index contributed by atoms with van der Waals surface area (Å²) < 4.78 is 51.4. The van der Waals surface area contributed by atoms with Gasteiger partial charge >= 0.3 is 0 Å². The number of amides is 1. The molecule has 0 unspecified atom stereocenters. The van der Waals surface area contributed by atoms with Crippen LogP contribution in [0.4, 0.5) is 5.13 Å². The standard InChI is InChI=1S/C22H25N3O5S3/c1-14-12-19-20(13-15(14)2)31-22(23-19)24-21(26)16-8-10-25(11-9-16)33(29,30)18-6-4-17(5-7-18)32(3,27)28/h4-7,12-13,16H,8-11H2,1-3H3,(H,23,24,26). The van der Waals surface area contributed by atoms with Crippen LogP contribution >= 0.6 is 11.3 Å². The van der Waals surface area contributed by atoms with Crippen molar-refractivity contribution in [3.63, 3.8) is 0 Å². The Labute approximate surface area is 197 Å². The number of carbonyl (C=O) groups is 1. The number of sulfonamides is 1. The van der Waals surface area contributed by atoms with Crippen LogP contribution in [-0.2, 0) is 24.7 Å². The number of aryl methyl sites for hydroxylation is 2. The lowest BCUT2D eigenvalue weighted by Gasteiger charge is -2.30. The molecule has 1 saturated heterocycles. The SMILES string of the molecule is Cc1cc2nc(NC(=O)C3CCN(S(=O)(=O)c4ccc(S(C)(=O)=O)cc4)CC3)sc2cc1C. The lowest BCUT2D eigenvalue weighted by Crippen LogP contribution is -2.41. The van der Waals surface area contributed by atoms with Crippen LogP contribution in [0.5, 0.6) is 0 Å². The third kappa shape index (κ3) is 4.96. The van der Waals surface area contributed by atoms with Gasteiger partial charge in [-0.25, -0.2) is 21.8 Å². The predicted octanol–water partition coefficient (Wildman–Crippen LogP) is 3.36. The molecule has 1 amide bonds. The molecule has 1 fully saturated rings. The van der Waals surface area contributed by atoms with Gasteiger partial charge in [-0.2, -0.15) is 4.31 Å². The lowest BCUT2D eigenvalue weighted by atomic mass is 9.97. The summed E-state index contributed by atoms with van der Waals surface area (Å²) >= 11 is 1.43.